The molecule has 1 aliphatic heterocycles. The minimum atomic E-state index is -0.257. The molecular formula is C21H26FN3O2S. The standard InChI is InChI=1S/C21H26FN3O2S/c22-17-7-5-16(6-8-17)20(15-3-4-15)24-21(26)23-14-18(19-2-1-13-28-19)25-9-11-27-12-10-25/h1-2,5-8,13,15,18,20H,3-4,9-12,14H2,(H2,23,24,26). The van der Waals surface area contributed by atoms with Crippen LogP contribution in [0.15, 0.2) is 41.8 Å². The molecule has 0 spiro atoms. The molecule has 4 rings (SSSR count). The number of thiophene rings is 1. The first-order valence-corrected chi connectivity index (χ1v) is 10.7. The summed E-state index contributed by atoms with van der Waals surface area (Å²) in [5, 5.41) is 8.24. The van der Waals surface area contributed by atoms with Crippen molar-refractivity contribution in [1.29, 1.82) is 0 Å². The lowest BCUT2D eigenvalue weighted by molar-refractivity contribution is 0.0174. The number of nitrogens with one attached hydrogen (secondary N) is 2. The molecule has 2 N–H and O–H groups in total. The molecule has 2 amide bonds. The zero-order chi connectivity index (χ0) is 19.3. The Bertz CT molecular complexity index is 758. The number of amides is 2. The quantitative estimate of drug-likeness (QED) is 0.741. The van der Waals surface area contributed by atoms with Crippen LogP contribution in [0.5, 0.6) is 0 Å². The number of morpholine rings is 1. The maximum atomic E-state index is 13.2. The lowest BCUT2D eigenvalue weighted by Crippen LogP contribution is -2.46. The van der Waals surface area contributed by atoms with Crippen molar-refractivity contribution in [2.45, 2.75) is 24.9 Å². The van der Waals surface area contributed by atoms with Crippen molar-refractivity contribution in [3.8, 4) is 0 Å². The van der Waals surface area contributed by atoms with Gasteiger partial charge < -0.3 is 15.4 Å². The highest BCUT2D eigenvalue weighted by molar-refractivity contribution is 7.10. The second-order valence-corrected chi connectivity index (χ2v) is 8.38. The van der Waals surface area contributed by atoms with Crippen LogP contribution in [-0.4, -0.2) is 43.8 Å². The van der Waals surface area contributed by atoms with E-state index in [9.17, 15) is 9.18 Å². The largest absolute Gasteiger partial charge is 0.379 e. The van der Waals surface area contributed by atoms with Crippen molar-refractivity contribution in [1.82, 2.24) is 15.5 Å². The van der Waals surface area contributed by atoms with Gasteiger partial charge in [0.1, 0.15) is 5.82 Å². The van der Waals surface area contributed by atoms with Crippen LogP contribution >= 0.6 is 11.3 Å². The molecule has 28 heavy (non-hydrogen) atoms. The molecule has 1 aromatic carbocycles. The molecule has 0 radical (unpaired) electrons. The fraction of sp³-hybridized carbons (Fsp3) is 0.476. The number of halogens is 1. The third-order valence-corrected chi connectivity index (χ3v) is 6.40. The molecule has 1 saturated heterocycles. The molecule has 2 atom stereocenters. The van der Waals surface area contributed by atoms with Gasteiger partial charge in [0, 0.05) is 24.5 Å². The molecule has 0 bridgehead atoms. The Labute approximate surface area is 168 Å². The number of carbonyl (C=O) groups is 1. The van der Waals surface area contributed by atoms with Crippen molar-refractivity contribution in [2.75, 3.05) is 32.8 Å². The maximum Gasteiger partial charge on any atom is 0.315 e. The molecule has 7 heteroatoms. The molecule has 1 aromatic heterocycles. The summed E-state index contributed by atoms with van der Waals surface area (Å²) in [7, 11) is 0. The minimum absolute atomic E-state index is 0.0656. The highest BCUT2D eigenvalue weighted by Gasteiger charge is 2.33. The lowest BCUT2D eigenvalue weighted by atomic mass is 10.0. The normalized spacial score (nSPS) is 19.8. The molecule has 2 aromatic rings. The monoisotopic (exact) mass is 403 g/mol. The van der Waals surface area contributed by atoms with E-state index in [1.807, 2.05) is 6.07 Å². The topological polar surface area (TPSA) is 53.6 Å². The molecule has 2 fully saturated rings. The second kappa shape index (κ2) is 9.03. The van der Waals surface area contributed by atoms with E-state index >= 15 is 0 Å². The van der Waals surface area contributed by atoms with Gasteiger partial charge in [0.05, 0.1) is 25.3 Å². The van der Waals surface area contributed by atoms with Crippen LogP contribution in [0.4, 0.5) is 9.18 Å². The fourth-order valence-electron chi connectivity index (χ4n) is 3.73. The van der Waals surface area contributed by atoms with E-state index in [1.165, 1.54) is 17.0 Å². The van der Waals surface area contributed by atoms with Crippen molar-refractivity contribution in [3.63, 3.8) is 0 Å². The van der Waals surface area contributed by atoms with Crippen LogP contribution in [0.1, 0.15) is 35.4 Å². The number of ether oxygens (including phenoxy) is 1. The average Bonchev–Trinajstić information content (AvgIpc) is 3.42. The van der Waals surface area contributed by atoms with Gasteiger partial charge in [0.15, 0.2) is 0 Å². The number of rotatable bonds is 7. The van der Waals surface area contributed by atoms with E-state index in [-0.39, 0.29) is 23.9 Å². The van der Waals surface area contributed by atoms with E-state index in [4.69, 9.17) is 4.74 Å². The molecule has 2 unspecified atom stereocenters. The predicted octanol–water partition coefficient (Wildman–Crippen LogP) is 3.71. The number of urea groups is 1. The molecule has 2 aliphatic rings. The first-order chi connectivity index (χ1) is 13.7. The summed E-state index contributed by atoms with van der Waals surface area (Å²) in [6.07, 6.45) is 2.18. The van der Waals surface area contributed by atoms with E-state index < -0.39 is 0 Å². The Morgan fingerprint density at radius 3 is 2.61 bits per heavy atom. The molecular weight excluding hydrogens is 377 g/mol. The van der Waals surface area contributed by atoms with Crippen LogP contribution in [0.25, 0.3) is 0 Å². The molecule has 150 valence electrons. The van der Waals surface area contributed by atoms with Crippen LogP contribution in [0.3, 0.4) is 0 Å². The highest BCUT2D eigenvalue weighted by atomic mass is 32.1. The van der Waals surface area contributed by atoms with E-state index in [2.05, 4.69) is 27.0 Å². The summed E-state index contributed by atoms with van der Waals surface area (Å²) in [5.74, 6) is 0.176. The van der Waals surface area contributed by atoms with E-state index in [1.54, 1.807) is 23.5 Å². The van der Waals surface area contributed by atoms with Gasteiger partial charge >= 0.3 is 6.03 Å². The lowest BCUT2D eigenvalue weighted by Gasteiger charge is -2.34. The van der Waals surface area contributed by atoms with Gasteiger partial charge in [-0.1, -0.05) is 18.2 Å². The van der Waals surface area contributed by atoms with E-state index in [0.29, 0.717) is 12.5 Å². The zero-order valence-corrected chi connectivity index (χ0v) is 16.6. The first kappa shape index (κ1) is 19.4. The highest BCUT2D eigenvalue weighted by Crippen LogP contribution is 2.41. The second-order valence-electron chi connectivity index (χ2n) is 7.40. The third-order valence-electron chi connectivity index (χ3n) is 5.42. The Morgan fingerprint density at radius 2 is 1.96 bits per heavy atom. The number of hydrogen-bond acceptors (Lipinski definition) is 4. The van der Waals surface area contributed by atoms with Crippen LogP contribution in [0.2, 0.25) is 0 Å². The van der Waals surface area contributed by atoms with Crippen LogP contribution < -0.4 is 10.6 Å². The summed E-state index contributed by atoms with van der Waals surface area (Å²) in [5.41, 5.74) is 0.960. The van der Waals surface area contributed by atoms with Gasteiger partial charge in [0.25, 0.3) is 0 Å². The number of nitrogens with zero attached hydrogens (tertiary/aromatic N) is 1. The Hall–Kier alpha value is -1.96. The zero-order valence-electron chi connectivity index (χ0n) is 15.8. The van der Waals surface area contributed by atoms with Gasteiger partial charge in [-0.25, -0.2) is 9.18 Å². The summed E-state index contributed by atoms with van der Waals surface area (Å²) in [6, 6.07) is 10.5. The SMILES string of the molecule is O=C(NCC(c1cccs1)N1CCOCC1)NC(c1ccc(F)cc1)C1CC1. The Kier molecular flexibility index (Phi) is 6.24. The average molecular weight is 404 g/mol. The first-order valence-electron chi connectivity index (χ1n) is 9.86. The third kappa shape index (κ3) is 4.90. The van der Waals surface area contributed by atoms with Crippen LogP contribution in [0, 0.1) is 11.7 Å². The number of carbonyl (C=O) groups excluding carboxylic acids is 1. The van der Waals surface area contributed by atoms with Crippen molar-refractivity contribution in [3.05, 3.63) is 58.0 Å². The summed E-state index contributed by atoms with van der Waals surface area (Å²) in [6.45, 7) is 3.73. The van der Waals surface area contributed by atoms with Gasteiger partial charge in [-0.3, -0.25) is 4.90 Å². The minimum Gasteiger partial charge on any atom is -0.379 e. The fourth-order valence-corrected chi connectivity index (χ4v) is 4.60. The van der Waals surface area contributed by atoms with E-state index in [0.717, 1.165) is 44.7 Å². The van der Waals surface area contributed by atoms with Gasteiger partial charge in [-0.2, -0.15) is 0 Å². The van der Waals surface area contributed by atoms with Crippen molar-refractivity contribution >= 4 is 17.4 Å². The predicted molar refractivity (Wildman–Crippen MR) is 108 cm³/mol. The molecule has 1 aliphatic carbocycles. The number of hydrogen-bond donors (Lipinski definition) is 2. The smallest absolute Gasteiger partial charge is 0.315 e. The molecule has 1 saturated carbocycles. The molecule has 2 heterocycles. The number of benzene rings is 1. The van der Waals surface area contributed by atoms with Crippen LogP contribution in [-0.2, 0) is 4.74 Å². The summed E-state index contributed by atoms with van der Waals surface area (Å²) in [4.78, 5) is 16.3. The molecule has 5 nitrogen and oxygen atoms in total. The summed E-state index contributed by atoms with van der Waals surface area (Å²) < 4.78 is 18.7. The van der Waals surface area contributed by atoms with Crippen molar-refractivity contribution < 1.29 is 13.9 Å². The maximum absolute atomic E-state index is 13.2. The van der Waals surface area contributed by atoms with Gasteiger partial charge in [0.2, 0.25) is 0 Å². The van der Waals surface area contributed by atoms with Gasteiger partial charge in [-0.05, 0) is 47.9 Å². The van der Waals surface area contributed by atoms with Gasteiger partial charge in [-0.15, -0.1) is 11.3 Å². The Morgan fingerprint density at radius 1 is 1.21 bits per heavy atom. The van der Waals surface area contributed by atoms with Crippen molar-refractivity contribution in [2.24, 2.45) is 5.92 Å². The summed E-state index contributed by atoms with van der Waals surface area (Å²) >= 11 is 1.71. The Balaban J connectivity index is 1.38.